The summed E-state index contributed by atoms with van der Waals surface area (Å²) in [6, 6.07) is 0. The van der Waals surface area contributed by atoms with Crippen LogP contribution in [0.3, 0.4) is 0 Å². The smallest absolute Gasteiger partial charge is 0.356 e. The molecule has 0 unspecified atom stereocenters. The van der Waals surface area contributed by atoms with Crippen molar-refractivity contribution in [3.8, 4) is 0 Å². The molecule has 0 aliphatic carbocycles. The van der Waals surface area contributed by atoms with Gasteiger partial charge in [-0.3, -0.25) is 4.79 Å². The summed E-state index contributed by atoms with van der Waals surface area (Å²) in [5.74, 6) is -1.49. The van der Waals surface area contributed by atoms with Gasteiger partial charge in [0, 0.05) is 13.5 Å². The molecule has 0 fully saturated rings. The molecule has 0 aromatic carbocycles. The lowest BCUT2D eigenvalue weighted by molar-refractivity contribution is 0.0687. The maximum absolute atomic E-state index is 11.0. The maximum atomic E-state index is 11.0. The van der Waals surface area contributed by atoms with Gasteiger partial charge in [0.05, 0.1) is 0 Å². The average Bonchev–Trinajstić information content (AvgIpc) is 2.47. The van der Waals surface area contributed by atoms with Crippen LogP contribution >= 0.6 is 11.3 Å². The SMILES string of the molecule is CC(=O)c1sc(CN)nc1C(=O)O. The van der Waals surface area contributed by atoms with Crippen molar-refractivity contribution in [3.63, 3.8) is 0 Å². The fourth-order valence-corrected chi connectivity index (χ4v) is 1.66. The minimum atomic E-state index is -1.19. The van der Waals surface area contributed by atoms with E-state index in [0.29, 0.717) is 5.01 Å². The predicted molar refractivity (Wildman–Crippen MR) is 47.0 cm³/mol. The summed E-state index contributed by atoms with van der Waals surface area (Å²) in [5.41, 5.74) is 5.08. The van der Waals surface area contributed by atoms with Crippen molar-refractivity contribution in [3.05, 3.63) is 15.6 Å². The van der Waals surface area contributed by atoms with Crippen LogP contribution in [0.4, 0.5) is 0 Å². The minimum absolute atomic E-state index is 0.151. The number of aromatic carboxylic acids is 1. The van der Waals surface area contributed by atoms with E-state index in [4.69, 9.17) is 10.8 Å². The van der Waals surface area contributed by atoms with Crippen LogP contribution in [0.5, 0.6) is 0 Å². The Bertz CT molecular complexity index is 327. The Kier molecular flexibility index (Phi) is 2.74. The number of carbonyl (C=O) groups is 2. The highest BCUT2D eigenvalue weighted by Gasteiger charge is 2.19. The van der Waals surface area contributed by atoms with Gasteiger partial charge in [-0.05, 0) is 0 Å². The van der Waals surface area contributed by atoms with Gasteiger partial charge >= 0.3 is 5.97 Å². The van der Waals surface area contributed by atoms with Crippen molar-refractivity contribution in [2.75, 3.05) is 0 Å². The van der Waals surface area contributed by atoms with E-state index in [9.17, 15) is 9.59 Å². The molecule has 70 valence electrons. The van der Waals surface area contributed by atoms with Crippen molar-refractivity contribution in [2.24, 2.45) is 5.73 Å². The molecule has 1 aromatic rings. The van der Waals surface area contributed by atoms with Gasteiger partial charge in [0.15, 0.2) is 11.5 Å². The van der Waals surface area contributed by atoms with Crippen molar-refractivity contribution >= 4 is 23.1 Å². The van der Waals surface area contributed by atoms with Crippen molar-refractivity contribution in [1.82, 2.24) is 4.98 Å². The van der Waals surface area contributed by atoms with Gasteiger partial charge in [-0.2, -0.15) is 0 Å². The van der Waals surface area contributed by atoms with Crippen LogP contribution in [0.15, 0.2) is 0 Å². The van der Waals surface area contributed by atoms with E-state index in [1.165, 1.54) is 6.92 Å². The Balaban J connectivity index is 3.23. The number of nitrogens with zero attached hydrogens (tertiary/aromatic N) is 1. The fourth-order valence-electron chi connectivity index (χ4n) is 0.835. The van der Waals surface area contributed by atoms with Crippen molar-refractivity contribution in [1.29, 1.82) is 0 Å². The van der Waals surface area contributed by atoms with Gasteiger partial charge in [0.2, 0.25) is 0 Å². The highest BCUT2D eigenvalue weighted by atomic mass is 32.1. The quantitative estimate of drug-likeness (QED) is 0.693. The number of nitrogens with two attached hydrogens (primary N) is 1. The molecule has 0 amide bonds. The molecule has 1 aromatic heterocycles. The normalized spacial score (nSPS) is 10.0. The summed E-state index contributed by atoms with van der Waals surface area (Å²) in [4.78, 5) is 25.5. The maximum Gasteiger partial charge on any atom is 0.356 e. The first-order valence-corrected chi connectivity index (χ1v) is 4.32. The Labute approximate surface area is 78.2 Å². The van der Waals surface area contributed by atoms with Crippen LogP contribution in [0, 0.1) is 0 Å². The summed E-state index contributed by atoms with van der Waals surface area (Å²) in [6.07, 6.45) is 0. The second-order valence-corrected chi connectivity index (χ2v) is 3.43. The molecule has 0 aliphatic rings. The van der Waals surface area contributed by atoms with Crippen molar-refractivity contribution < 1.29 is 14.7 Å². The van der Waals surface area contributed by atoms with Gasteiger partial charge in [-0.25, -0.2) is 9.78 Å². The number of Topliss-reactive ketones (excluding diaryl/α,β-unsaturated/α-hetero) is 1. The number of carboxylic acid groups (broad SMARTS) is 1. The molecular formula is C7H8N2O3S. The number of ketones is 1. The zero-order valence-corrected chi connectivity index (χ0v) is 7.72. The predicted octanol–water partition coefficient (Wildman–Crippen LogP) is 0.503. The molecule has 6 heteroatoms. The molecule has 1 rings (SSSR count). The molecule has 13 heavy (non-hydrogen) atoms. The standard InChI is InChI=1S/C7H8N2O3S/c1-3(10)6-5(7(11)12)9-4(2-8)13-6/h2,8H2,1H3,(H,11,12). The van der Waals surface area contributed by atoms with E-state index in [1.807, 2.05) is 0 Å². The average molecular weight is 200 g/mol. The van der Waals surface area contributed by atoms with Gasteiger partial charge in [-0.1, -0.05) is 0 Å². The van der Waals surface area contributed by atoms with E-state index < -0.39 is 5.97 Å². The van der Waals surface area contributed by atoms with Crippen LogP contribution < -0.4 is 5.73 Å². The highest BCUT2D eigenvalue weighted by molar-refractivity contribution is 7.14. The molecule has 1 heterocycles. The lowest BCUT2D eigenvalue weighted by atomic mass is 10.3. The number of aromatic nitrogens is 1. The Morgan fingerprint density at radius 3 is 2.54 bits per heavy atom. The van der Waals surface area contributed by atoms with Crippen LogP contribution in [-0.4, -0.2) is 21.8 Å². The molecule has 0 atom stereocenters. The summed E-state index contributed by atoms with van der Waals surface area (Å²) in [5, 5.41) is 9.14. The first-order valence-electron chi connectivity index (χ1n) is 3.50. The third-order valence-electron chi connectivity index (χ3n) is 1.37. The number of carbonyl (C=O) groups excluding carboxylic acids is 1. The van der Waals surface area contributed by atoms with Gasteiger partial charge in [0.1, 0.15) is 9.88 Å². The second-order valence-electron chi connectivity index (χ2n) is 2.35. The number of hydrogen-bond acceptors (Lipinski definition) is 5. The van der Waals surface area contributed by atoms with E-state index in [2.05, 4.69) is 4.98 Å². The first kappa shape index (κ1) is 9.82. The molecule has 0 saturated carbocycles. The van der Waals surface area contributed by atoms with Gasteiger partial charge < -0.3 is 10.8 Å². The Morgan fingerprint density at radius 1 is 1.62 bits per heavy atom. The largest absolute Gasteiger partial charge is 0.476 e. The molecule has 0 bridgehead atoms. The zero-order chi connectivity index (χ0) is 10.0. The summed E-state index contributed by atoms with van der Waals surface area (Å²) < 4.78 is 0. The third kappa shape index (κ3) is 1.90. The van der Waals surface area contributed by atoms with Gasteiger partial charge in [0.25, 0.3) is 0 Å². The summed E-state index contributed by atoms with van der Waals surface area (Å²) >= 11 is 1.03. The number of thiazole rings is 1. The van der Waals surface area contributed by atoms with Gasteiger partial charge in [-0.15, -0.1) is 11.3 Å². The Morgan fingerprint density at radius 2 is 2.23 bits per heavy atom. The molecule has 0 aliphatic heterocycles. The second kappa shape index (κ2) is 3.63. The summed E-state index contributed by atoms with van der Waals surface area (Å²) in [6.45, 7) is 1.46. The lowest BCUT2D eigenvalue weighted by Gasteiger charge is -1.89. The van der Waals surface area contributed by atoms with Crippen LogP contribution in [-0.2, 0) is 6.54 Å². The Hall–Kier alpha value is -1.27. The minimum Gasteiger partial charge on any atom is -0.476 e. The molecular weight excluding hydrogens is 192 g/mol. The first-order chi connectivity index (χ1) is 6.06. The summed E-state index contributed by atoms with van der Waals surface area (Å²) in [7, 11) is 0. The van der Waals surface area contributed by atoms with Crippen LogP contribution in [0.2, 0.25) is 0 Å². The molecule has 0 saturated heterocycles. The van der Waals surface area contributed by atoms with E-state index in [-0.39, 0.29) is 22.9 Å². The molecule has 3 N–H and O–H groups in total. The van der Waals surface area contributed by atoms with Crippen LogP contribution in [0.1, 0.15) is 32.1 Å². The molecule has 5 nitrogen and oxygen atoms in total. The molecule has 0 spiro atoms. The number of hydrogen-bond donors (Lipinski definition) is 2. The number of carboxylic acids is 1. The van der Waals surface area contributed by atoms with E-state index >= 15 is 0 Å². The number of rotatable bonds is 3. The third-order valence-corrected chi connectivity index (χ3v) is 2.55. The lowest BCUT2D eigenvalue weighted by Crippen LogP contribution is -2.04. The topological polar surface area (TPSA) is 93.3 Å². The van der Waals surface area contributed by atoms with E-state index in [0.717, 1.165) is 11.3 Å². The fraction of sp³-hybridized carbons (Fsp3) is 0.286. The van der Waals surface area contributed by atoms with E-state index in [1.54, 1.807) is 0 Å². The highest BCUT2D eigenvalue weighted by Crippen LogP contribution is 2.18. The van der Waals surface area contributed by atoms with Crippen molar-refractivity contribution in [2.45, 2.75) is 13.5 Å². The monoisotopic (exact) mass is 200 g/mol. The molecule has 0 radical (unpaired) electrons. The zero-order valence-electron chi connectivity index (χ0n) is 6.90. The van der Waals surface area contributed by atoms with Crippen LogP contribution in [0.25, 0.3) is 0 Å².